The molecule has 4 rings (SSSR count). The maximum Gasteiger partial charge on any atom is 0.237 e. The van der Waals surface area contributed by atoms with Crippen molar-refractivity contribution in [3.8, 4) is 0 Å². The first kappa shape index (κ1) is 23.4. The predicted molar refractivity (Wildman–Crippen MR) is 123 cm³/mol. The molecular formula is C23H38N3O4P. The van der Waals surface area contributed by atoms with Gasteiger partial charge in [0.1, 0.15) is 5.78 Å². The lowest BCUT2D eigenvalue weighted by Gasteiger charge is -2.49. The Balaban J connectivity index is 1.77. The molecule has 1 unspecified atom stereocenters. The molecule has 174 valence electrons. The number of benzene rings is 1. The lowest BCUT2D eigenvalue weighted by Crippen LogP contribution is -2.49. The number of nitrogens with zero attached hydrogens (tertiary/aromatic N) is 3. The fraction of sp³-hybridized carbons (Fsp3) is 0.739. The van der Waals surface area contributed by atoms with Gasteiger partial charge in [-0.15, -0.1) is 0 Å². The lowest BCUT2D eigenvalue weighted by atomic mass is 9.86. The molecule has 0 aliphatic carbocycles. The quantitative estimate of drug-likeness (QED) is 0.638. The maximum atomic E-state index is 15.3. The van der Waals surface area contributed by atoms with Crippen molar-refractivity contribution in [2.24, 2.45) is 0 Å². The molecule has 7 nitrogen and oxygen atoms in total. The van der Waals surface area contributed by atoms with E-state index in [1.807, 2.05) is 0 Å². The van der Waals surface area contributed by atoms with Gasteiger partial charge < -0.3 is 14.2 Å². The molecule has 1 aromatic carbocycles. The normalized spacial score (nSPS) is 24.2. The van der Waals surface area contributed by atoms with Crippen LogP contribution in [0.15, 0.2) is 24.3 Å². The molecule has 0 amide bonds. The molecule has 0 radical (unpaired) electrons. The molecule has 0 aromatic heterocycles. The van der Waals surface area contributed by atoms with Gasteiger partial charge in [0.15, 0.2) is 0 Å². The van der Waals surface area contributed by atoms with E-state index in [-0.39, 0.29) is 11.2 Å². The fourth-order valence-electron chi connectivity index (χ4n) is 4.76. The Morgan fingerprint density at radius 3 is 1.58 bits per heavy atom. The SMILES string of the molecule is CC(C)(C)c1ccc(C(N2CCOCC2)P(=O)(N2CCOCC2)N2CCOCC2)cc1. The van der Waals surface area contributed by atoms with E-state index in [1.165, 1.54) is 5.56 Å². The van der Waals surface area contributed by atoms with E-state index >= 15 is 4.57 Å². The third-order valence-corrected chi connectivity index (χ3v) is 10.3. The van der Waals surface area contributed by atoms with Crippen molar-refractivity contribution in [2.75, 3.05) is 78.9 Å². The van der Waals surface area contributed by atoms with Crippen molar-refractivity contribution in [1.29, 1.82) is 0 Å². The zero-order chi connectivity index (χ0) is 21.9. The van der Waals surface area contributed by atoms with Gasteiger partial charge in [0, 0.05) is 39.3 Å². The van der Waals surface area contributed by atoms with Crippen LogP contribution in [0.4, 0.5) is 0 Å². The molecule has 8 heteroatoms. The summed E-state index contributed by atoms with van der Waals surface area (Å²) in [6, 6.07) is 8.83. The Kier molecular flexibility index (Phi) is 7.54. The molecule has 3 saturated heterocycles. The van der Waals surface area contributed by atoms with Gasteiger partial charge >= 0.3 is 0 Å². The van der Waals surface area contributed by atoms with Crippen LogP contribution < -0.4 is 0 Å². The number of hydrogen-bond acceptors (Lipinski definition) is 5. The van der Waals surface area contributed by atoms with E-state index in [2.05, 4.69) is 59.3 Å². The highest BCUT2D eigenvalue weighted by molar-refractivity contribution is 7.59. The summed E-state index contributed by atoms with van der Waals surface area (Å²) in [6.45, 7) is 15.0. The second kappa shape index (κ2) is 10.0. The van der Waals surface area contributed by atoms with Gasteiger partial charge in [-0.3, -0.25) is 9.46 Å². The molecule has 1 atom stereocenters. The summed E-state index contributed by atoms with van der Waals surface area (Å²) in [5.41, 5.74) is 2.52. The highest BCUT2D eigenvalue weighted by atomic mass is 31.2. The number of ether oxygens (including phenoxy) is 3. The van der Waals surface area contributed by atoms with E-state index in [0.29, 0.717) is 65.8 Å². The summed E-state index contributed by atoms with van der Waals surface area (Å²) in [5, 5.41) is 0. The molecule has 3 aliphatic rings. The van der Waals surface area contributed by atoms with Gasteiger partial charge in [-0.25, -0.2) is 9.34 Å². The second-order valence-corrected chi connectivity index (χ2v) is 12.4. The standard InChI is InChI=1S/C23H38N3O4P/c1-23(2,3)21-6-4-20(5-7-21)22(24-8-14-28-15-9-24)31(27,25-10-16-29-17-11-25)26-12-18-30-19-13-26/h4-7,22H,8-19H2,1-3H3. The summed E-state index contributed by atoms with van der Waals surface area (Å²) < 4.78 is 36.6. The number of morpholine rings is 3. The number of rotatable bonds is 5. The van der Waals surface area contributed by atoms with Crippen molar-refractivity contribution < 1.29 is 18.8 Å². The Bertz CT molecular complexity index is 727. The van der Waals surface area contributed by atoms with Crippen LogP contribution in [-0.2, 0) is 24.2 Å². The molecule has 0 saturated carbocycles. The van der Waals surface area contributed by atoms with Crippen molar-refractivity contribution in [2.45, 2.75) is 32.0 Å². The van der Waals surface area contributed by atoms with Gasteiger partial charge in [0.25, 0.3) is 0 Å². The zero-order valence-electron chi connectivity index (χ0n) is 19.3. The molecular weight excluding hydrogens is 413 g/mol. The molecule has 1 aromatic rings. The van der Waals surface area contributed by atoms with Crippen molar-refractivity contribution in [1.82, 2.24) is 14.2 Å². The van der Waals surface area contributed by atoms with Crippen molar-refractivity contribution >= 4 is 7.44 Å². The van der Waals surface area contributed by atoms with Crippen LogP contribution in [0.3, 0.4) is 0 Å². The van der Waals surface area contributed by atoms with Crippen LogP contribution in [0.1, 0.15) is 37.7 Å². The molecule has 3 heterocycles. The van der Waals surface area contributed by atoms with Crippen LogP contribution in [0.25, 0.3) is 0 Å². The van der Waals surface area contributed by atoms with Crippen molar-refractivity contribution in [3.63, 3.8) is 0 Å². The van der Waals surface area contributed by atoms with E-state index in [0.717, 1.165) is 18.7 Å². The highest BCUT2D eigenvalue weighted by Gasteiger charge is 2.48. The zero-order valence-corrected chi connectivity index (χ0v) is 20.2. The van der Waals surface area contributed by atoms with Gasteiger partial charge in [-0.1, -0.05) is 45.0 Å². The van der Waals surface area contributed by atoms with Crippen LogP contribution in [0.5, 0.6) is 0 Å². The average Bonchev–Trinajstić information content (AvgIpc) is 2.81. The minimum atomic E-state index is -2.95. The minimum absolute atomic E-state index is 0.0884. The van der Waals surface area contributed by atoms with Gasteiger partial charge in [-0.2, -0.15) is 0 Å². The topological polar surface area (TPSA) is 54.5 Å². The predicted octanol–water partition coefficient (Wildman–Crippen LogP) is 3.17. The average molecular weight is 452 g/mol. The van der Waals surface area contributed by atoms with Gasteiger partial charge in [0.05, 0.1) is 39.6 Å². The van der Waals surface area contributed by atoms with Gasteiger partial charge in [0.2, 0.25) is 7.44 Å². The van der Waals surface area contributed by atoms with E-state index in [9.17, 15) is 0 Å². The summed E-state index contributed by atoms with van der Waals surface area (Å²) >= 11 is 0. The summed E-state index contributed by atoms with van der Waals surface area (Å²) in [4.78, 5) is 2.39. The van der Waals surface area contributed by atoms with Crippen LogP contribution in [-0.4, -0.2) is 93.2 Å². The highest BCUT2D eigenvalue weighted by Crippen LogP contribution is 2.65. The maximum absolute atomic E-state index is 15.3. The third kappa shape index (κ3) is 5.09. The molecule has 0 N–H and O–H groups in total. The molecule has 0 bridgehead atoms. The molecule has 3 aliphatic heterocycles. The monoisotopic (exact) mass is 451 g/mol. The lowest BCUT2D eigenvalue weighted by molar-refractivity contribution is 0.0199. The van der Waals surface area contributed by atoms with Gasteiger partial charge in [-0.05, 0) is 16.5 Å². The molecule has 31 heavy (non-hydrogen) atoms. The Morgan fingerprint density at radius 1 is 0.742 bits per heavy atom. The summed E-state index contributed by atoms with van der Waals surface area (Å²) in [6.07, 6.45) is 0. The van der Waals surface area contributed by atoms with E-state index in [1.54, 1.807) is 0 Å². The van der Waals surface area contributed by atoms with Crippen LogP contribution >= 0.6 is 7.44 Å². The first-order chi connectivity index (χ1) is 14.9. The smallest absolute Gasteiger partial charge is 0.237 e. The van der Waals surface area contributed by atoms with Crippen LogP contribution in [0, 0.1) is 0 Å². The largest absolute Gasteiger partial charge is 0.379 e. The van der Waals surface area contributed by atoms with E-state index < -0.39 is 7.44 Å². The van der Waals surface area contributed by atoms with E-state index in [4.69, 9.17) is 14.2 Å². The summed E-state index contributed by atoms with van der Waals surface area (Å²) in [5.74, 6) is -0.179. The first-order valence-corrected chi connectivity index (χ1v) is 13.3. The molecule has 0 spiro atoms. The minimum Gasteiger partial charge on any atom is -0.379 e. The summed E-state index contributed by atoms with van der Waals surface area (Å²) in [7, 11) is -2.95. The third-order valence-electron chi connectivity index (χ3n) is 6.57. The Hall–Kier alpha value is -0.790. The van der Waals surface area contributed by atoms with Crippen molar-refractivity contribution in [3.05, 3.63) is 35.4 Å². The Labute approximate surface area is 187 Å². The second-order valence-electron chi connectivity index (χ2n) is 9.62. The molecule has 3 fully saturated rings. The number of hydrogen-bond donors (Lipinski definition) is 0. The fourth-order valence-corrected chi connectivity index (χ4v) is 8.43. The first-order valence-electron chi connectivity index (χ1n) is 11.6. The van der Waals surface area contributed by atoms with Crippen LogP contribution in [0.2, 0.25) is 0 Å². The Morgan fingerprint density at radius 2 is 1.16 bits per heavy atom.